The van der Waals surface area contributed by atoms with Gasteiger partial charge in [0.15, 0.2) is 0 Å². The molecule has 0 amide bonds. The van der Waals surface area contributed by atoms with Crippen molar-refractivity contribution in [3.63, 3.8) is 0 Å². The van der Waals surface area contributed by atoms with Crippen LogP contribution in [0.5, 0.6) is 0 Å². The number of carboxylic acid groups (broad SMARTS) is 1. The van der Waals surface area contributed by atoms with Crippen molar-refractivity contribution < 1.29 is 14.3 Å². The number of nitrogens with one attached hydrogen (secondary N) is 1. The number of benzene rings is 1. The van der Waals surface area contributed by atoms with Gasteiger partial charge in [0.05, 0.1) is 11.6 Å². The highest BCUT2D eigenvalue weighted by molar-refractivity contribution is 5.90. The first-order chi connectivity index (χ1) is 8.25. The molecule has 4 nitrogen and oxygen atoms in total. The molecule has 17 heavy (non-hydrogen) atoms. The van der Waals surface area contributed by atoms with Gasteiger partial charge in [-0.25, -0.2) is 0 Å². The second-order valence-corrected chi connectivity index (χ2v) is 4.47. The molecule has 2 N–H and O–H groups in total. The lowest BCUT2D eigenvalue weighted by molar-refractivity contribution is -0.138. The van der Waals surface area contributed by atoms with Crippen molar-refractivity contribution in [2.45, 2.75) is 6.42 Å². The third-order valence-electron chi connectivity index (χ3n) is 3.28. The van der Waals surface area contributed by atoms with E-state index in [2.05, 4.69) is 5.32 Å². The van der Waals surface area contributed by atoms with E-state index in [4.69, 9.17) is 9.52 Å². The quantitative estimate of drug-likeness (QED) is 0.848. The summed E-state index contributed by atoms with van der Waals surface area (Å²) in [7, 11) is 0. The van der Waals surface area contributed by atoms with Crippen molar-refractivity contribution in [2.75, 3.05) is 11.9 Å². The van der Waals surface area contributed by atoms with E-state index in [1.165, 1.54) is 0 Å². The first-order valence-electron chi connectivity index (χ1n) is 5.68. The molecule has 0 radical (unpaired) electrons. The lowest BCUT2D eigenvalue weighted by Gasteiger charge is -2.02. The van der Waals surface area contributed by atoms with Crippen LogP contribution in [0.25, 0.3) is 11.0 Å². The van der Waals surface area contributed by atoms with Gasteiger partial charge in [-0.05, 0) is 24.5 Å². The first kappa shape index (κ1) is 10.2. The van der Waals surface area contributed by atoms with Gasteiger partial charge in [0, 0.05) is 11.9 Å². The Morgan fingerprint density at radius 1 is 1.47 bits per heavy atom. The van der Waals surface area contributed by atoms with Crippen LogP contribution in [0.15, 0.2) is 34.9 Å². The van der Waals surface area contributed by atoms with Crippen LogP contribution in [0.2, 0.25) is 0 Å². The monoisotopic (exact) mass is 231 g/mol. The summed E-state index contributed by atoms with van der Waals surface area (Å²) in [6.45, 7) is 0.695. The minimum atomic E-state index is -0.686. The summed E-state index contributed by atoms with van der Waals surface area (Å²) in [5.41, 5.74) is 1.79. The zero-order chi connectivity index (χ0) is 11.8. The molecule has 1 saturated carbocycles. The van der Waals surface area contributed by atoms with Gasteiger partial charge in [-0.3, -0.25) is 4.79 Å². The van der Waals surface area contributed by atoms with E-state index in [0.29, 0.717) is 6.54 Å². The van der Waals surface area contributed by atoms with E-state index in [0.717, 1.165) is 23.1 Å². The van der Waals surface area contributed by atoms with Gasteiger partial charge < -0.3 is 14.8 Å². The van der Waals surface area contributed by atoms with Crippen molar-refractivity contribution in [1.82, 2.24) is 0 Å². The average molecular weight is 231 g/mol. The molecule has 0 saturated heterocycles. The number of fused-ring (bicyclic) bond motifs is 1. The number of anilines is 1. The van der Waals surface area contributed by atoms with Crippen LogP contribution >= 0.6 is 0 Å². The Hall–Kier alpha value is -1.97. The van der Waals surface area contributed by atoms with Crippen molar-refractivity contribution in [3.8, 4) is 0 Å². The lowest BCUT2D eigenvalue weighted by atomic mass is 10.2. The SMILES string of the molecule is O=C(O)C1CC1CNc1coc2ccccc12. The zero-order valence-corrected chi connectivity index (χ0v) is 9.22. The van der Waals surface area contributed by atoms with Crippen LogP contribution in [0.3, 0.4) is 0 Å². The summed E-state index contributed by atoms with van der Waals surface area (Å²) in [5, 5.41) is 13.1. The number of para-hydroxylation sites is 1. The molecule has 1 aliphatic carbocycles. The van der Waals surface area contributed by atoms with Crippen molar-refractivity contribution in [3.05, 3.63) is 30.5 Å². The van der Waals surface area contributed by atoms with Gasteiger partial charge >= 0.3 is 5.97 Å². The number of hydrogen-bond donors (Lipinski definition) is 2. The smallest absolute Gasteiger partial charge is 0.306 e. The Morgan fingerprint density at radius 2 is 2.29 bits per heavy atom. The van der Waals surface area contributed by atoms with E-state index < -0.39 is 5.97 Å². The van der Waals surface area contributed by atoms with Crippen molar-refractivity contribution in [1.29, 1.82) is 0 Å². The van der Waals surface area contributed by atoms with Crippen LogP contribution in [0.4, 0.5) is 5.69 Å². The summed E-state index contributed by atoms with van der Waals surface area (Å²) in [6.07, 6.45) is 2.46. The predicted octanol–water partition coefficient (Wildman–Crippen LogP) is 2.57. The zero-order valence-electron chi connectivity index (χ0n) is 9.22. The summed E-state index contributed by atoms with van der Waals surface area (Å²) in [4.78, 5) is 10.7. The normalized spacial score (nSPS) is 22.6. The van der Waals surface area contributed by atoms with Crippen LogP contribution in [0, 0.1) is 11.8 Å². The number of aliphatic carboxylic acids is 1. The minimum Gasteiger partial charge on any atom is -0.481 e. The summed E-state index contributed by atoms with van der Waals surface area (Å²) in [5.74, 6) is -0.601. The largest absolute Gasteiger partial charge is 0.481 e. The molecule has 2 unspecified atom stereocenters. The maximum absolute atomic E-state index is 10.7. The average Bonchev–Trinajstić information content (AvgIpc) is 3.00. The number of rotatable bonds is 4. The second kappa shape index (κ2) is 3.80. The standard InChI is InChI=1S/C13H13NO3/c15-13(16)10-5-8(10)6-14-11-7-17-12-4-2-1-3-9(11)12/h1-4,7-8,10,14H,5-6H2,(H,15,16). The van der Waals surface area contributed by atoms with Crippen molar-refractivity contribution in [2.24, 2.45) is 11.8 Å². The Morgan fingerprint density at radius 3 is 3.06 bits per heavy atom. The topological polar surface area (TPSA) is 62.5 Å². The third kappa shape index (κ3) is 1.86. The Labute approximate surface area is 98.2 Å². The van der Waals surface area contributed by atoms with E-state index in [1.54, 1.807) is 6.26 Å². The van der Waals surface area contributed by atoms with Gasteiger partial charge in [0.2, 0.25) is 0 Å². The van der Waals surface area contributed by atoms with Crippen LogP contribution < -0.4 is 5.32 Å². The van der Waals surface area contributed by atoms with Gasteiger partial charge in [0.1, 0.15) is 11.8 Å². The van der Waals surface area contributed by atoms with E-state index in [9.17, 15) is 4.79 Å². The fraction of sp³-hybridized carbons (Fsp3) is 0.308. The number of furan rings is 1. The molecule has 1 aromatic carbocycles. The number of carbonyl (C=O) groups is 1. The molecule has 0 bridgehead atoms. The molecule has 1 fully saturated rings. The van der Waals surface area contributed by atoms with Gasteiger partial charge in [-0.1, -0.05) is 12.1 Å². The van der Waals surface area contributed by atoms with Crippen molar-refractivity contribution >= 4 is 22.6 Å². The van der Waals surface area contributed by atoms with Gasteiger partial charge in [0.25, 0.3) is 0 Å². The molecule has 2 atom stereocenters. The molecule has 88 valence electrons. The highest BCUT2D eigenvalue weighted by Crippen LogP contribution is 2.39. The molecule has 1 aliphatic rings. The predicted molar refractivity (Wildman–Crippen MR) is 63.9 cm³/mol. The molecule has 4 heteroatoms. The van der Waals surface area contributed by atoms with E-state index in [-0.39, 0.29) is 11.8 Å². The number of hydrogen-bond acceptors (Lipinski definition) is 3. The molecular weight excluding hydrogens is 218 g/mol. The van der Waals surface area contributed by atoms with Crippen LogP contribution in [0.1, 0.15) is 6.42 Å². The fourth-order valence-corrected chi connectivity index (χ4v) is 2.13. The maximum Gasteiger partial charge on any atom is 0.306 e. The van der Waals surface area contributed by atoms with Crippen LogP contribution in [-0.4, -0.2) is 17.6 Å². The minimum absolute atomic E-state index is 0.166. The lowest BCUT2D eigenvalue weighted by Crippen LogP contribution is -2.08. The third-order valence-corrected chi connectivity index (χ3v) is 3.28. The molecular formula is C13H13NO3. The second-order valence-electron chi connectivity index (χ2n) is 4.47. The fourth-order valence-electron chi connectivity index (χ4n) is 2.13. The summed E-state index contributed by atoms with van der Waals surface area (Å²) in [6, 6.07) is 7.79. The first-order valence-corrected chi connectivity index (χ1v) is 5.68. The number of carboxylic acids is 1. The van der Waals surface area contributed by atoms with Gasteiger partial charge in [-0.15, -0.1) is 0 Å². The molecule has 3 rings (SSSR count). The Balaban J connectivity index is 1.68. The van der Waals surface area contributed by atoms with Gasteiger partial charge in [-0.2, -0.15) is 0 Å². The summed E-state index contributed by atoms with van der Waals surface area (Å²) >= 11 is 0. The van der Waals surface area contributed by atoms with E-state index >= 15 is 0 Å². The summed E-state index contributed by atoms with van der Waals surface area (Å²) < 4.78 is 5.40. The highest BCUT2D eigenvalue weighted by atomic mass is 16.4. The molecule has 1 heterocycles. The molecule has 1 aromatic heterocycles. The maximum atomic E-state index is 10.7. The Bertz CT molecular complexity index is 561. The highest BCUT2D eigenvalue weighted by Gasteiger charge is 2.42. The molecule has 2 aromatic rings. The van der Waals surface area contributed by atoms with E-state index in [1.807, 2.05) is 24.3 Å². The molecule has 0 aliphatic heterocycles. The molecule has 0 spiro atoms. The van der Waals surface area contributed by atoms with Crippen LogP contribution in [-0.2, 0) is 4.79 Å². The Kier molecular flexibility index (Phi) is 2.28.